The first kappa shape index (κ1) is 18.1. The van der Waals surface area contributed by atoms with Crippen LogP contribution < -0.4 is 0 Å². The van der Waals surface area contributed by atoms with Gasteiger partial charge in [-0.05, 0) is 26.1 Å². The molecule has 3 rings (SSSR count). The Labute approximate surface area is 149 Å². The molecular weight excluding hydrogens is 318 g/mol. The Bertz CT molecular complexity index is 640. The van der Waals surface area contributed by atoms with E-state index in [0.29, 0.717) is 25.0 Å². The molecule has 1 aliphatic rings. The highest BCUT2D eigenvalue weighted by molar-refractivity contribution is 4.99. The molecule has 138 valence electrons. The summed E-state index contributed by atoms with van der Waals surface area (Å²) in [6.45, 7) is 8.13. The van der Waals surface area contributed by atoms with Crippen LogP contribution in [0.5, 0.6) is 0 Å². The van der Waals surface area contributed by atoms with Gasteiger partial charge in [-0.1, -0.05) is 13.8 Å². The highest BCUT2D eigenvalue weighted by Crippen LogP contribution is 2.19. The van der Waals surface area contributed by atoms with Gasteiger partial charge >= 0.3 is 0 Å². The molecule has 0 aliphatic carbocycles. The zero-order valence-corrected chi connectivity index (χ0v) is 15.4. The molecule has 7 nitrogen and oxygen atoms in total. The number of rotatable bonds is 8. The van der Waals surface area contributed by atoms with Crippen LogP contribution in [0.15, 0.2) is 29.1 Å². The van der Waals surface area contributed by atoms with Crippen LogP contribution in [0, 0.1) is 0 Å². The second-order valence-electron chi connectivity index (χ2n) is 7.31. The maximum absolute atomic E-state index is 10.3. The average Bonchev–Trinajstić information content (AvgIpc) is 3.28. The van der Waals surface area contributed by atoms with E-state index in [1.165, 1.54) is 0 Å². The predicted molar refractivity (Wildman–Crippen MR) is 95.1 cm³/mol. The maximum Gasteiger partial charge on any atom is 0.208 e. The third-order valence-corrected chi connectivity index (χ3v) is 4.82. The predicted octanol–water partition coefficient (Wildman–Crippen LogP) is 1.56. The summed E-state index contributed by atoms with van der Waals surface area (Å²) in [5.74, 6) is 2.09. The van der Waals surface area contributed by atoms with Crippen molar-refractivity contribution in [3.8, 4) is 0 Å². The molecular formula is C18H29N5O2. The molecule has 2 aromatic rings. The minimum absolute atomic E-state index is 0.366. The largest absolute Gasteiger partial charge is 0.444 e. The number of hydrogen-bond acceptors (Lipinski definition) is 6. The first-order valence-corrected chi connectivity index (χ1v) is 9.04. The summed E-state index contributed by atoms with van der Waals surface area (Å²) < 4.78 is 7.59. The van der Waals surface area contributed by atoms with Crippen molar-refractivity contribution < 1.29 is 9.52 Å². The Morgan fingerprint density at radius 3 is 2.92 bits per heavy atom. The summed E-state index contributed by atoms with van der Waals surface area (Å²) in [4.78, 5) is 9.01. The number of oxazole rings is 1. The number of aliphatic hydroxyl groups excluding tert-OH is 1. The fourth-order valence-corrected chi connectivity index (χ4v) is 3.32. The van der Waals surface area contributed by atoms with Crippen molar-refractivity contribution in [2.45, 2.75) is 51.4 Å². The van der Waals surface area contributed by atoms with Crippen LogP contribution in [-0.2, 0) is 13.1 Å². The number of β-amino-alcohol motifs (C(OH)–C–C–N with tert-alkyl or cyclic N) is 1. The van der Waals surface area contributed by atoms with Crippen LogP contribution in [0.2, 0.25) is 0 Å². The van der Waals surface area contributed by atoms with E-state index < -0.39 is 6.10 Å². The zero-order chi connectivity index (χ0) is 17.8. The summed E-state index contributed by atoms with van der Waals surface area (Å²) in [5, 5.41) is 14.4. The lowest BCUT2D eigenvalue weighted by atomic mass is 10.2. The standard InChI is InChI=1S/C18H29N5O2/c1-14(2)17-9-19-18(25-17)13-21(3)15-5-8-22(10-15)11-16(24)12-23-7-4-6-20-23/h4,6-7,9,14-16,24H,5,8,10-13H2,1-3H3/t15-,16-/m1/s1. The van der Waals surface area contributed by atoms with Crippen molar-refractivity contribution >= 4 is 0 Å². The quantitative estimate of drug-likeness (QED) is 0.781. The highest BCUT2D eigenvalue weighted by Gasteiger charge is 2.27. The van der Waals surface area contributed by atoms with Crippen LogP contribution in [0.3, 0.4) is 0 Å². The number of nitrogens with zero attached hydrogens (tertiary/aromatic N) is 5. The normalized spacial score (nSPS) is 20.0. The van der Waals surface area contributed by atoms with E-state index in [1.807, 2.05) is 18.5 Å². The van der Waals surface area contributed by atoms with E-state index in [2.05, 4.69) is 40.8 Å². The number of hydrogen-bond donors (Lipinski definition) is 1. The number of likely N-dealkylation sites (tertiary alicyclic amines) is 1. The smallest absolute Gasteiger partial charge is 0.208 e. The molecule has 0 amide bonds. The van der Waals surface area contributed by atoms with Crippen LogP contribution >= 0.6 is 0 Å². The van der Waals surface area contributed by atoms with E-state index in [0.717, 1.165) is 37.7 Å². The summed E-state index contributed by atoms with van der Waals surface area (Å²) in [6, 6.07) is 2.34. The number of aliphatic hydroxyl groups is 1. The van der Waals surface area contributed by atoms with Crippen molar-refractivity contribution in [2.75, 3.05) is 26.7 Å². The van der Waals surface area contributed by atoms with Crippen molar-refractivity contribution in [1.29, 1.82) is 0 Å². The van der Waals surface area contributed by atoms with Gasteiger partial charge in [0.05, 0.1) is 25.4 Å². The van der Waals surface area contributed by atoms with Gasteiger partial charge in [-0.2, -0.15) is 5.10 Å². The lowest BCUT2D eigenvalue weighted by molar-refractivity contribution is 0.101. The van der Waals surface area contributed by atoms with Gasteiger partial charge in [0.1, 0.15) is 5.76 Å². The van der Waals surface area contributed by atoms with Crippen LogP contribution in [-0.4, -0.2) is 68.5 Å². The Balaban J connectivity index is 1.44. The van der Waals surface area contributed by atoms with Crippen LogP contribution in [0.25, 0.3) is 0 Å². The van der Waals surface area contributed by atoms with E-state index in [-0.39, 0.29) is 0 Å². The molecule has 25 heavy (non-hydrogen) atoms. The van der Waals surface area contributed by atoms with E-state index in [9.17, 15) is 5.11 Å². The van der Waals surface area contributed by atoms with E-state index in [1.54, 1.807) is 10.9 Å². The molecule has 3 heterocycles. The van der Waals surface area contributed by atoms with Gasteiger partial charge in [-0.15, -0.1) is 0 Å². The fourth-order valence-electron chi connectivity index (χ4n) is 3.32. The van der Waals surface area contributed by atoms with Gasteiger partial charge < -0.3 is 9.52 Å². The SMILES string of the molecule is CC(C)c1cnc(CN(C)[C@@H]2CCN(C[C@@H](O)Cn3cccn3)C2)o1. The molecule has 1 aliphatic heterocycles. The highest BCUT2D eigenvalue weighted by atomic mass is 16.4. The van der Waals surface area contributed by atoms with Crippen molar-refractivity contribution in [3.05, 3.63) is 36.3 Å². The van der Waals surface area contributed by atoms with E-state index >= 15 is 0 Å². The molecule has 2 atom stereocenters. The van der Waals surface area contributed by atoms with Gasteiger partial charge in [0.15, 0.2) is 0 Å². The first-order valence-electron chi connectivity index (χ1n) is 9.04. The van der Waals surface area contributed by atoms with Gasteiger partial charge in [0, 0.05) is 37.4 Å². The Morgan fingerprint density at radius 1 is 1.40 bits per heavy atom. The molecule has 0 unspecified atom stereocenters. The van der Waals surface area contributed by atoms with E-state index in [4.69, 9.17) is 4.42 Å². The Hall–Kier alpha value is -1.70. The van der Waals surface area contributed by atoms with Gasteiger partial charge in [-0.3, -0.25) is 14.5 Å². The van der Waals surface area contributed by atoms with Gasteiger partial charge in [0.2, 0.25) is 5.89 Å². The van der Waals surface area contributed by atoms with Crippen molar-refractivity contribution in [2.24, 2.45) is 0 Å². The lowest BCUT2D eigenvalue weighted by Gasteiger charge is -2.24. The molecule has 0 bridgehead atoms. The topological polar surface area (TPSA) is 70.6 Å². The molecule has 1 fully saturated rings. The van der Waals surface area contributed by atoms with Crippen molar-refractivity contribution in [1.82, 2.24) is 24.6 Å². The van der Waals surface area contributed by atoms with Gasteiger partial charge in [0.25, 0.3) is 0 Å². The monoisotopic (exact) mass is 347 g/mol. The third-order valence-electron chi connectivity index (χ3n) is 4.82. The first-order chi connectivity index (χ1) is 12.0. The Kier molecular flexibility index (Phi) is 5.88. The van der Waals surface area contributed by atoms with Gasteiger partial charge in [-0.25, -0.2) is 4.98 Å². The minimum Gasteiger partial charge on any atom is -0.444 e. The Morgan fingerprint density at radius 2 is 2.24 bits per heavy atom. The molecule has 0 radical (unpaired) electrons. The lowest BCUT2D eigenvalue weighted by Crippen LogP contribution is -2.37. The maximum atomic E-state index is 10.3. The molecule has 0 aromatic carbocycles. The molecule has 1 N–H and O–H groups in total. The number of likely N-dealkylation sites (N-methyl/N-ethyl adjacent to an activating group) is 1. The molecule has 0 saturated carbocycles. The second-order valence-corrected chi connectivity index (χ2v) is 7.31. The third kappa shape index (κ3) is 4.90. The summed E-state index contributed by atoms with van der Waals surface area (Å²) in [5.41, 5.74) is 0. The molecule has 0 spiro atoms. The number of aromatic nitrogens is 3. The fraction of sp³-hybridized carbons (Fsp3) is 0.667. The summed E-state index contributed by atoms with van der Waals surface area (Å²) >= 11 is 0. The summed E-state index contributed by atoms with van der Waals surface area (Å²) in [7, 11) is 2.12. The van der Waals surface area contributed by atoms with Crippen molar-refractivity contribution in [3.63, 3.8) is 0 Å². The summed E-state index contributed by atoms with van der Waals surface area (Å²) in [6.07, 6.45) is 6.15. The van der Waals surface area contributed by atoms with Crippen LogP contribution in [0.4, 0.5) is 0 Å². The average molecular weight is 347 g/mol. The minimum atomic E-state index is -0.399. The zero-order valence-electron chi connectivity index (χ0n) is 15.4. The molecule has 2 aromatic heterocycles. The molecule has 1 saturated heterocycles. The second kappa shape index (κ2) is 8.12. The molecule has 7 heteroatoms. The van der Waals surface area contributed by atoms with Crippen LogP contribution in [0.1, 0.15) is 37.8 Å².